The molecule has 0 spiro atoms. The van der Waals surface area contributed by atoms with E-state index < -0.39 is 0 Å². The smallest absolute Gasteiger partial charge is 0.0576 e. The monoisotopic (exact) mass is 259 g/mol. The molecule has 0 amide bonds. The highest BCUT2D eigenvalue weighted by molar-refractivity contribution is 5.41. The Kier molecular flexibility index (Phi) is 4.19. The second kappa shape index (κ2) is 6.06. The van der Waals surface area contributed by atoms with Crippen molar-refractivity contribution in [3.63, 3.8) is 0 Å². The molecule has 1 heterocycles. The molecule has 1 aromatic carbocycles. The fraction of sp³-hybridized carbons (Fsp3) is 0.647. The van der Waals surface area contributed by atoms with Crippen molar-refractivity contribution >= 4 is 0 Å². The van der Waals surface area contributed by atoms with Crippen LogP contribution in [0.3, 0.4) is 0 Å². The third kappa shape index (κ3) is 2.85. The molecule has 0 radical (unpaired) electrons. The summed E-state index contributed by atoms with van der Waals surface area (Å²) in [6.07, 6.45) is 6.76. The molecule has 3 unspecified atom stereocenters. The Balaban J connectivity index is 1.59. The first-order valence-electron chi connectivity index (χ1n) is 7.81. The minimum absolute atomic E-state index is 0.525. The standard InChI is InChI=1S/C17H25NO/c1-2-18-17(10-9-14-7-5-11-19-14)16-12-13-6-3-4-8-15(13)16/h3-4,6,8,14,16-18H,2,5,7,9-12H2,1H3. The van der Waals surface area contributed by atoms with Gasteiger partial charge in [-0.15, -0.1) is 0 Å². The van der Waals surface area contributed by atoms with E-state index in [0.29, 0.717) is 12.1 Å². The lowest BCUT2D eigenvalue weighted by Gasteiger charge is -2.37. The summed E-state index contributed by atoms with van der Waals surface area (Å²) in [6, 6.07) is 9.54. The highest BCUT2D eigenvalue weighted by atomic mass is 16.5. The normalized spacial score (nSPS) is 26.8. The van der Waals surface area contributed by atoms with Gasteiger partial charge >= 0.3 is 0 Å². The minimum atomic E-state index is 0.525. The maximum Gasteiger partial charge on any atom is 0.0576 e. The van der Waals surface area contributed by atoms with Gasteiger partial charge in [0.25, 0.3) is 0 Å². The van der Waals surface area contributed by atoms with Crippen molar-refractivity contribution in [3.8, 4) is 0 Å². The Labute approximate surface area is 116 Å². The molecular weight excluding hydrogens is 234 g/mol. The average Bonchev–Trinajstić information content (AvgIpc) is 2.90. The summed E-state index contributed by atoms with van der Waals surface area (Å²) in [4.78, 5) is 0. The van der Waals surface area contributed by atoms with Crippen LogP contribution in [0, 0.1) is 0 Å². The maximum absolute atomic E-state index is 5.75. The van der Waals surface area contributed by atoms with Crippen LogP contribution in [0.1, 0.15) is 49.7 Å². The van der Waals surface area contributed by atoms with Crippen LogP contribution >= 0.6 is 0 Å². The van der Waals surface area contributed by atoms with Crippen molar-refractivity contribution in [3.05, 3.63) is 35.4 Å². The van der Waals surface area contributed by atoms with E-state index in [0.717, 1.165) is 19.1 Å². The van der Waals surface area contributed by atoms with E-state index in [1.54, 1.807) is 11.1 Å². The molecule has 0 bridgehead atoms. The van der Waals surface area contributed by atoms with Gasteiger partial charge in [-0.1, -0.05) is 31.2 Å². The highest BCUT2D eigenvalue weighted by Crippen LogP contribution is 2.39. The maximum atomic E-state index is 5.75. The Bertz CT molecular complexity index is 411. The topological polar surface area (TPSA) is 21.3 Å². The number of nitrogens with one attached hydrogen (secondary N) is 1. The van der Waals surface area contributed by atoms with Crippen LogP contribution in [0.15, 0.2) is 24.3 Å². The fourth-order valence-corrected chi connectivity index (χ4v) is 3.60. The van der Waals surface area contributed by atoms with Gasteiger partial charge in [0.1, 0.15) is 0 Å². The number of likely N-dealkylation sites (N-methyl/N-ethyl adjacent to an activating group) is 1. The Morgan fingerprint density at radius 3 is 3.00 bits per heavy atom. The van der Waals surface area contributed by atoms with Crippen LogP contribution < -0.4 is 5.32 Å². The van der Waals surface area contributed by atoms with Gasteiger partial charge in [0, 0.05) is 18.6 Å². The molecule has 1 aliphatic heterocycles. The molecule has 1 aliphatic carbocycles. The van der Waals surface area contributed by atoms with Gasteiger partial charge in [0.2, 0.25) is 0 Å². The number of fused-ring (bicyclic) bond motifs is 1. The third-order valence-electron chi connectivity index (χ3n) is 4.67. The molecule has 3 atom stereocenters. The molecule has 2 heteroatoms. The predicted molar refractivity (Wildman–Crippen MR) is 78.6 cm³/mol. The molecule has 2 aliphatic rings. The molecule has 19 heavy (non-hydrogen) atoms. The van der Waals surface area contributed by atoms with Crippen molar-refractivity contribution in [2.24, 2.45) is 0 Å². The van der Waals surface area contributed by atoms with Crippen molar-refractivity contribution in [2.75, 3.05) is 13.2 Å². The van der Waals surface area contributed by atoms with Crippen LogP contribution in [0.4, 0.5) is 0 Å². The predicted octanol–water partition coefficient (Wildman–Crippen LogP) is 3.26. The second-order valence-corrected chi connectivity index (χ2v) is 5.89. The second-order valence-electron chi connectivity index (χ2n) is 5.89. The minimum Gasteiger partial charge on any atom is -0.378 e. The van der Waals surface area contributed by atoms with Crippen molar-refractivity contribution < 1.29 is 4.74 Å². The first kappa shape index (κ1) is 13.1. The van der Waals surface area contributed by atoms with E-state index in [4.69, 9.17) is 4.74 Å². The Morgan fingerprint density at radius 2 is 2.26 bits per heavy atom. The molecule has 104 valence electrons. The van der Waals surface area contributed by atoms with Gasteiger partial charge in [0.05, 0.1) is 6.10 Å². The molecule has 1 saturated heterocycles. The van der Waals surface area contributed by atoms with E-state index in [-0.39, 0.29) is 0 Å². The number of rotatable bonds is 6. The van der Waals surface area contributed by atoms with Gasteiger partial charge in [-0.25, -0.2) is 0 Å². The summed E-state index contributed by atoms with van der Waals surface area (Å²) in [6.45, 7) is 4.25. The third-order valence-corrected chi connectivity index (χ3v) is 4.67. The molecule has 3 rings (SSSR count). The van der Waals surface area contributed by atoms with Gasteiger partial charge in [-0.3, -0.25) is 0 Å². The molecular formula is C17H25NO. The largest absolute Gasteiger partial charge is 0.378 e. The van der Waals surface area contributed by atoms with Crippen LogP contribution in [-0.4, -0.2) is 25.3 Å². The summed E-state index contributed by atoms with van der Waals surface area (Å²) in [5.41, 5.74) is 3.12. The highest BCUT2D eigenvalue weighted by Gasteiger charge is 2.32. The molecule has 1 fully saturated rings. The zero-order valence-electron chi connectivity index (χ0n) is 11.9. The lowest BCUT2D eigenvalue weighted by atomic mass is 9.72. The van der Waals surface area contributed by atoms with Crippen molar-refractivity contribution in [1.29, 1.82) is 0 Å². The molecule has 0 aromatic heterocycles. The van der Waals surface area contributed by atoms with Gasteiger partial charge in [0.15, 0.2) is 0 Å². The van der Waals surface area contributed by atoms with Crippen LogP contribution in [0.2, 0.25) is 0 Å². The molecule has 1 N–H and O–H groups in total. The summed E-state index contributed by atoms with van der Waals surface area (Å²) in [5.74, 6) is 0.720. The van der Waals surface area contributed by atoms with E-state index in [2.05, 4.69) is 36.5 Å². The number of hydrogen-bond acceptors (Lipinski definition) is 2. The average molecular weight is 259 g/mol. The first-order chi connectivity index (χ1) is 9.38. The van der Waals surface area contributed by atoms with Gasteiger partial charge in [-0.2, -0.15) is 0 Å². The molecule has 1 aromatic rings. The summed E-state index contributed by atoms with van der Waals surface area (Å²) < 4.78 is 5.75. The van der Waals surface area contributed by atoms with Crippen LogP contribution in [-0.2, 0) is 11.2 Å². The van der Waals surface area contributed by atoms with Gasteiger partial charge in [-0.05, 0) is 49.8 Å². The summed E-state index contributed by atoms with van der Waals surface area (Å²) in [7, 11) is 0. The zero-order chi connectivity index (χ0) is 13.1. The SMILES string of the molecule is CCNC(CCC1CCCO1)C1Cc2ccccc21. The van der Waals surface area contributed by atoms with Crippen LogP contribution in [0.25, 0.3) is 0 Å². The van der Waals surface area contributed by atoms with E-state index in [1.165, 1.54) is 32.1 Å². The van der Waals surface area contributed by atoms with Gasteiger partial charge < -0.3 is 10.1 Å². The summed E-state index contributed by atoms with van der Waals surface area (Å²) in [5, 5.41) is 3.69. The van der Waals surface area contributed by atoms with Crippen molar-refractivity contribution in [1.82, 2.24) is 5.32 Å². The lowest BCUT2D eigenvalue weighted by molar-refractivity contribution is 0.0982. The number of hydrogen-bond donors (Lipinski definition) is 1. The number of ether oxygens (including phenoxy) is 1. The zero-order valence-corrected chi connectivity index (χ0v) is 11.9. The Hall–Kier alpha value is -0.860. The molecule has 0 saturated carbocycles. The Morgan fingerprint density at radius 1 is 1.37 bits per heavy atom. The van der Waals surface area contributed by atoms with Crippen LogP contribution in [0.5, 0.6) is 0 Å². The quantitative estimate of drug-likeness (QED) is 0.846. The summed E-state index contributed by atoms with van der Waals surface area (Å²) >= 11 is 0. The van der Waals surface area contributed by atoms with E-state index >= 15 is 0 Å². The molecule has 2 nitrogen and oxygen atoms in total. The lowest BCUT2D eigenvalue weighted by Crippen LogP contribution is -2.40. The van der Waals surface area contributed by atoms with E-state index in [9.17, 15) is 0 Å². The van der Waals surface area contributed by atoms with Crippen molar-refractivity contribution in [2.45, 2.75) is 57.1 Å². The first-order valence-corrected chi connectivity index (χ1v) is 7.81. The number of benzene rings is 1. The van der Waals surface area contributed by atoms with E-state index in [1.807, 2.05) is 0 Å². The fourth-order valence-electron chi connectivity index (χ4n) is 3.60.